The second kappa shape index (κ2) is 9.54. The number of carbonyl (C=O) groups excluding carboxylic acids is 2. The minimum absolute atomic E-state index is 0.0195. The molecule has 0 aromatic heterocycles. The molecule has 1 amide bonds. The topological polar surface area (TPSA) is 148 Å². The van der Waals surface area contributed by atoms with Crippen LogP contribution in [-0.4, -0.2) is 48.1 Å². The average Bonchev–Trinajstić information content (AvgIpc) is 2.62. The zero-order valence-electron chi connectivity index (χ0n) is 16.7. The molecule has 0 aliphatic rings. The lowest BCUT2D eigenvalue weighted by atomic mass is 10.1. The second-order valence-electron chi connectivity index (χ2n) is 6.51. The van der Waals surface area contributed by atoms with Crippen LogP contribution in [0.4, 0.5) is 17.1 Å². The third-order valence-electron chi connectivity index (χ3n) is 3.68. The van der Waals surface area contributed by atoms with Gasteiger partial charge >= 0.3 is 0 Å². The molecule has 2 aromatic rings. The summed E-state index contributed by atoms with van der Waals surface area (Å²) in [5.74, 6) is -1.04. The number of carbonyl (C=O) groups is 2. The number of nitrogens with one attached hydrogen (secondary N) is 3. The van der Waals surface area contributed by atoms with Gasteiger partial charge in [-0.3, -0.25) is 19.0 Å². The molecule has 0 unspecified atom stereocenters. The van der Waals surface area contributed by atoms with Crippen LogP contribution >= 0.6 is 11.6 Å². The van der Waals surface area contributed by atoms with E-state index in [1.807, 2.05) is 0 Å². The van der Waals surface area contributed by atoms with Gasteiger partial charge in [0, 0.05) is 11.6 Å². The Labute approximate surface area is 185 Å². The summed E-state index contributed by atoms with van der Waals surface area (Å²) in [6.07, 6.45) is 1.40. The minimum Gasteiger partial charge on any atom is -0.494 e. The summed E-state index contributed by atoms with van der Waals surface area (Å²) in [6, 6.07) is 8.18. The van der Waals surface area contributed by atoms with Gasteiger partial charge in [0.1, 0.15) is 5.75 Å². The Morgan fingerprint density at radius 2 is 1.58 bits per heavy atom. The van der Waals surface area contributed by atoms with Gasteiger partial charge in [0.2, 0.25) is 26.0 Å². The van der Waals surface area contributed by atoms with Crippen molar-refractivity contribution in [3.05, 3.63) is 47.0 Å². The quantitative estimate of drug-likeness (QED) is 0.361. The number of ketones is 1. The van der Waals surface area contributed by atoms with E-state index >= 15 is 0 Å². The molecule has 2 rings (SSSR count). The lowest BCUT2D eigenvalue weighted by Crippen LogP contribution is -2.18. The highest BCUT2D eigenvalue weighted by Crippen LogP contribution is 2.29. The Balaban J connectivity index is 2.14. The molecule has 0 bridgehead atoms. The van der Waals surface area contributed by atoms with E-state index in [1.165, 1.54) is 43.5 Å². The molecule has 2 aromatic carbocycles. The number of amides is 1. The average molecular weight is 490 g/mol. The van der Waals surface area contributed by atoms with Crippen molar-refractivity contribution in [3.63, 3.8) is 0 Å². The molecule has 3 N–H and O–H groups in total. The number of methoxy groups -OCH3 is 1. The van der Waals surface area contributed by atoms with Crippen LogP contribution in [-0.2, 0) is 24.8 Å². The SMILES string of the molecule is COc1cc(NS(C)(=O)=O)ccc1NC(=O)CC(=O)c1ccc(Cl)c(NS(C)(=O)=O)c1. The lowest BCUT2D eigenvalue weighted by Gasteiger charge is -2.13. The molecule has 13 heteroatoms. The number of sulfonamides is 2. The number of Topliss-reactive ketones (excluding diaryl/α,β-unsaturated/α-hetero) is 1. The third kappa shape index (κ3) is 7.74. The van der Waals surface area contributed by atoms with Gasteiger partial charge in [-0.2, -0.15) is 0 Å². The summed E-state index contributed by atoms with van der Waals surface area (Å²) in [7, 11) is -5.77. The fraction of sp³-hybridized carbons (Fsp3) is 0.222. The van der Waals surface area contributed by atoms with Crippen LogP contribution in [0.5, 0.6) is 5.75 Å². The maximum atomic E-state index is 12.5. The van der Waals surface area contributed by atoms with Crippen molar-refractivity contribution in [2.24, 2.45) is 0 Å². The van der Waals surface area contributed by atoms with Crippen LogP contribution in [0, 0.1) is 0 Å². The van der Waals surface area contributed by atoms with Crippen LogP contribution in [0.2, 0.25) is 5.02 Å². The van der Waals surface area contributed by atoms with Crippen LogP contribution < -0.4 is 19.5 Å². The van der Waals surface area contributed by atoms with Gasteiger partial charge in [0.25, 0.3) is 0 Å². The van der Waals surface area contributed by atoms with E-state index in [-0.39, 0.29) is 33.4 Å². The molecular formula is C18H20ClN3O7S2. The zero-order valence-corrected chi connectivity index (χ0v) is 19.1. The number of anilines is 3. The Hall–Kier alpha value is -2.83. The smallest absolute Gasteiger partial charge is 0.232 e. The van der Waals surface area contributed by atoms with E-state index in [2.05, 4.69) is 14.8 Å². The van der Waals surface area contributed by atoms with Gasteiger partial charge in [-0.05, 0) is 30.3 Å². The summed E-state index contributed by atoms with van der Waals surface area (Å²) in [5.41, 5.74) is 0.576. The van der Waals surface area contributed by atoms with E-state index in [4.69, 9.17) is 16.3 Å². The van der Waals surface area contributed by atoms with Gasteiger partial charge in [-0.15, -0.1) is 0 Å². The van der Waals surface area contributed by atoms with Gasteiger partial charge in [0.15, 0.2) is 5.78 Å². The van der Waals surface area contributed by atoms with Gasteiger partial charge in [-0.25, -0.2) is 16.8 Å². The molecule has 168 valence electrons. The fourth-order valence-corrected chi connectivity index (χ4v) is 3.84. The van der Waals surface area contributed by atoms with Crippen molar-refractivity contribution >= 4 is 60.4 Å². The molecule has 0 atom stereocenters. The molecule has 0 radical (unpaired) electrons. The van der Waals surface area contributed by atoms with E-state index in [0.717, 1.165) is 12.5 Å². The van der Waals surface area contributed by atoms with Crippen molar-refractivity contribution in [2.75, 3.05) is 34.4 Å². The van der Waals surface area contributed by atoms with E-state index in [0.29, 0.717) is 0 Å². The van der Waals surface area contributed by atoms with Crippen LogP contribution in [0.3, 0.4) is 0 Å². The van der Waals surface area contributed by atoms with E-state index in [1.54, 1.807) is 0 Å². The highest BCUT2D eigenvalue weighted by molar-refractivity contribution is 7.92. The van der Waals surface area contributed by atoms with Gasteiger partial charge < -0.3 is 10.1 Å². The Morgan fingerprint density at radius 1 is 0.935 bits per heavy atom. The van der Waals surface area contributed by atoms with Crippen molar-refractivity contribution in [2.45, 2.75) is 6.42 Å². The van der Waals surface area contributed by atoms with Gasteiger partial charge in [-0.1, -0.05) is 11.6 Å². The number of benzene rings is 2. The van der Waals surface area contributed by atoms with E-state index in [9.17, 15) is 26.4 Å². The predicted molar refractivity (Wildman–Crippen MR) is 119 cm³/mol. The largest absolute Gasteiger partial charge is 0.494 e. The number of halogens is 1. The molecule has 10 nitrogen and oxygen atoms in total. The van der Waals surface area contributed by atoms with Crippen LogP contribution in [0.1, 0.15) is 16.8 Å². The van der Waals surface area contributed by atoms with E-state index < -0.39 is 38.2 Å². The highest BCUT2D eigenvalue weighted by Gasteiger charge is 2.17. The maximum absolute atomic E-state index is 12.5. The van der Waals surface area contributed by atoms with Crippen molar-refractivity contribution in [1.82, 2.24) is 0 Å². The summed E-state index contributed by atoms with van der Waals surface area (Å²) in [4.78, 5) is 24.8. The Morgan fingerprint density at radius 3 is 2.16 bits per heavy atom. The van der Waals surface area contributed by atoms with Crippen molar-refractivity contribution in [3.8, 4) is 5.75 Å². The molecule has 0 aliphatic carbocycles. The predicted octanol–water partition coefficient (Wildman–Crippen LogP) is 2.30. The Bertz CT molecular complexity index is 1230. The highest BCUT2D eigenvalue weighted by atomic mass is 35.5. The number of ether oxygens (including phenoxy) is 1. The first kappa shape index (κ1) is 24.4. The molecule has 31 heavy (non-hydrogen) atoms. The fourth-order valence-electron chi connectivity index (χ4n) is 2.49. The molecule has 0 fully saturated rings. The molecule has 0 heterocycles. The number of hydrogen-bond acceptors (Lipinski definition) is 7. The monoisotopic (exact) mass is 489 g/mol. The second-order valence-corrected chi connectivity index (χ2v) is 10.4. The zero-order chi connectivity index (χ0) is 23.4. The Kier molecular flexibility index (Phi) is 7.52. The summed E-state index contributed by atoms with van der Waals surface area (Å²) in [6.45, 7) is 0. The summed E-state index contributed by atoms with van der Waals surface area (Å²) in [5, 5.41) is 2.61. The number of rotatable bonds is 9. The first-order chi connectivity index (χ1) is 14.3. The first-order valence-electron chi connectivity index (χ1n) is 8.53. The summed E-state index contributed by atoms with van der Waals surface area (Å²) < 4.78 is 55.1. The molecule has 0 aliphatic heterocycles. The standard InChI is InChI=1S/C18H20ClN3O7S2/c1-29-17-9-12(21-30(2,25)26)5-7-14(17)20-18(24)10-16(23)11-4-6-13(19)15(8-11)22-31(3,27)28/h4-9,21-22H,10H2,1-3H3,(H,20,24). The maximum Gasteiger partial charge on any atom is 0.232 e. The third-order valence-corrected chi connectivity index (χ3v) is 5.21. The normalized spacial score (nSPS) is 11.5. The summed E-state index contributed by atoms with van der Waals surface area (Å²) >= 11 is 5.93. The van der Waals surface area contributed by atoms with Gasteiger partial charge in [0.05, 0.1) is 48.1 Å². The van der Waals surface area contributed by atoms with Crippen LogP contribution in [0.15, 0.2) is 36.4 Å². The molecule has 0 saturated heterocycles. The molecule has 0 saturated carbocycles. The van der Waals surface area contributed by atoms with Crippen molar-refractivity contribution < 1.29 is 31.2 Å². The number of hydrogen-bond donors (Lipinski definition) is 3. The molecule has 0 spiro atoms. The molecular weight excluding hydrogens is 470 g/mol. The lowest BCUT2D eigenvalue weighted by molar-refractivity contribution is -0.115. The minimum atomic E-state index is -3.61. The van der Waals surface area contributed by atoms with Crippen molar-refractivity contribution in [1.29, 1.82) is 0 Å². The van der Waals surface area contributed by atoms with Crippen LogP contribution in [0.25, 0.3) is 0 Å². The first-order valence-corrected chi connectivity index (χ1v) is 12.7.